The molecular weight excluding hydrogens is 284 g/mol. The Balaban J connectivity index is 1.89. The van der Waals surface area contributed by atoms with Gasteiger partial charge in [0.1, 0.15) is 11.5 Å². The van der Waals surface area contributed by atoms with Gasteiger partial charge in [-0.05, 0) is 17.7 Å². The third-order valence-electron chi connectivity index (χ3n) is 3.52. The van der Waals surface area contributed by atoms with E-state index < -0.39 is 0 Å². The predicted octanol–water partition coefficient (Wildman–Crippen LogP) is 3.93. The number of nitrogens with one attached hydrogen (secondary N) is 1. The summed E-state index contributed by atoms with van der Waals surface area (Å²) < 4.78 is 0. The van der Waals surface area contributed by atoms with Crippen molar-refractivity contribution in [3.63, 3.8) is 0 Å². The highest BCUT2D eigenvalue weighted by molar-refractivity contribution is 6.14. The molecule has 0 bridgehead atoms. The molecule has 0 spiro atoms. The van der Waals surface area contributed by atoms with Gasteiger partial charge in [0, 0.05) is 11.1 Å². The van der Waals surface area contributed by atoms with Gasteiger partial charge in [-0.1, -0.05) is 72.8 Å². The molecule has 0 atom stereocenters. The average Bonchev–Trinajstić information content (AvgIpc) is 2.61. The molecule has 0 saturated carbocycles. The van der Waals surface area contributed by atoms with Crippen molar-refractivity contribution >= 4 is 5.71 Å². The largest absolute Gasteiger partial charge is 0.507 e. The quantitative estimate of drug-likeness (QED) is 0.554. The van der Waals surface area contributed by atoms with Gasteiger partial charge in [0.2, 0.25) is 0 Å². The van der Waals surface area contributed by atoms with Crippen molar-refractivity contribution in [3.8, 4) is 5.75 Å². The monoisotopic (exact) mass is 302 g/mol. The number of rotatable bonds is 5. The molecule has 0 aliphatic rings. The zero-order valence-corrected chi connectivity index (χ0v) is 12.7. The Bertz CT molecular complexity index is 783. The SMILES string of the molecule is Oc1ccccc1C(=NNCc1ccccc1)c1ccccc1. The third-order valence-corrected chi connectivity index (χ3v) is 3.52. The highest BCUT2D eigenvalue weighted by Gasteiger charge is 2.10. The molecule has 3 heteroatoms. The Hall–Kier alpha value is -3.07. The zero-order chi connectivity index (χ0) is 15.9. The Kier molecular flexibility index (Phi) is 4.69. The van der Waals surface area contributed by atoms with Crippen LogP contribution in [0.25, 0.3) is 0 Å². The van der Waals surface area contributed by atoms with E-state index >= 15 is 0 Å². The van der Waals surface area contributed by atoms with Crippen molar-refractivity contribution in [1.82, 2.24) is 5.43 Å². The summed E-state index contributed by atoms with van der Waals surface area (Å²) in [5.41, 5.74) is 6.64. The fraction of sp³-hybridized carbons (Fsp3) is 0.0500. The van der Waals surface area contributed by atoms with E-state index in [-0.39, 0.29) is 5.75 Å². The van der Waals surface area contributed by atoms with E-state index in [1.54, 1.807) is 12.1 Å². The number of hydrogen-bond acceptors (Lipinski definition) is 3. The minimum atomic E-state index is 0.219. The third kappa shape index (κ3) is 3.77. The molecule has 0 aromatic heterocycles. The first-order chi connectivity index (χ1) is 11.3. The summed E-state index contributed by atoms with van der Waals surface area (Å²) in [6.07, 6.45) is 0. The fourth-order valence-corrected chi connectivity index (χ4v) is 2.36. The number of phenolic OH excluding ortho intramolecular Hbond substituents is 1. The van der Waals surface area contributed by atoms with E-state index in [4.69, 9.17) is 0 Å². The summed E-state index contributed by atoms with van der Waals surface area (Å²) in [7, 11) is 0. The molecule has 114 valence electrons. The molecule has 0 amide bonds. The summed E-state index contributed by atoms with van der Waals surface area (Å²) in [5, 5.41) is 14.7. The summed E-state index contributed by atoms with van der Waals surface area (Å²) in [4.78, 5) is 0. The fourth-order valence-electron chi connectivity index (χ4n) is 2.36. The van der Waals surface area contributed by atoms with Gasteiger partial charge in [0.05, 0.1) is 6.54 Å². The van der Waals surface area contributed by atoms with Crippen LogP contribution in [-0.2, 0) is 6.54 Å². The average molecular weight is 302 g/mol. The Morgan fingerprint density at radius 1 is 0.783 bits per heavy atom. The van der Waals surface area contributed by atoms with Crippen LogP contribution >= 0.6 is 0 Å². The lowest BCUT2D eigenvalue weighted by Crippen LogP contribution is -2.12. The van der Waals surface area contributed by atoms with Crippen LogP contribution in [0.1, 0.15) is 16.7 Å². The van der Waals surface area contributed by atoms with E-state index in [9.17, 15) is 5.11 Å². The summed E-state index contributed by atoms with van der Waals surface area (Å²) in [6, 6.07) is 27.2. The van der Waals surface area contributed by atoms with E-state index in [0.717, 1.165) is 16.8 Å². The smallest absolute Gasteiger partial charge is 0.125 e. The highest BCUT2D eigenvalue weighted by atomic mass is 16.3. The maximum atomic E-state index is 10.2. The normalized spacial score (nSPS) is 11.2. The van der Waals surface area contributed by atoms with E-state index in [0.29, 0.717) is 12.1 Å². The summed E-state index contributed by atoms with van der Waals surface area (Å²) >= 11 is 0. The number of nitrogens with zero attached hydrogens (tertiary/aromatic N) is 1. The second-order valence-electron chi connectivity index (χ2n) is 5.16. The van der Waals surface area contributed by atoms with Gasteiger partial charge in [-0.3, -0.25) is 0 Å². The molecule has 3 nitrogen and oxygen atoms in total. The van der Waals surface area contributed by atoms with E-state index in [1.165, 1.54) is 0 Å². The van der Waals surface area contributed by atoms with Gasteiger partial charge in [-0.2, -0.15) is 5.10 Å². The maximum Gasteiger partial charge on any atom is 0.125 e. The Morgan fingerprint density at radius 2 is 1.39 bits per heavy atom. The molecule has 0 fully saturated rings. The van der Waals surface area contributed by atoms with Crippen molar-refractivity contribution < 1.29 is 5.11 Å². The number of benzene rings is 3. The molecule has 23 heavy (non-hydrogen) atoms. The lowest BCUT2D eigenvalue weighted by atomic mass is 10.0. The van der Waals surface area contributed by atoms with Crippen molar-refractivity contribution in [2.75, 3.05) is 0 Å². The number of hydrogen-bond donors (Lipinski definition) is 2. The van der Waals surface area contributed by atoms with E-state index in [1.807, 2.05) is 72.8 Å². The maximum absolute atomic E-state index is 10.2. The molecule has 0 heterocycles. The van der Waals surface area contributed by atoms with Crippen LogP contribution in [0.2, 0.25) is 0 Å². The zero-order valence-electron chi connectivity index (χ0n) is 12.7. The number of hydrazone groups is 1. The second kappa shape index (κ2) is 7.27. The molecular formula is C20H18N2O. The van der Waals surface area contributed by atoms with Crippen molar-refractivity contribution in [2.24, 2.45) is 5.10 Å². The molecule has 2 N–H and O–H groups in total. The first kappa shape index (κ1) is 14.9. The van der Waals surface area contributed by atoms with Crippen LogP contribution in [0.4, 0.5) is 0 Å². The molecule has 0 aliphatic carbocycles. The van der Waals surface area contributed by atoms with Gasteiger partial charge in [0.25, 0.3) is 0 Å². The van der Waals surface area contributed by atoms with Crippen molar-refractivity contribution in [2.45, 2.75) is 6.54 Å². The minimum Gasteiger partial charge on any atom is -0.507 e. The Morgan fingerprint density at radius 3 is 2.09 bits per heavy atom. The number of phenols is 1. The molecule has 3 aromatic rings. The first-order valence-electron chi connectivity index (χ1n) is 7.53. The number of para-hydroxylation sites is 1. The summed E-state index contributed by atoms with van der Waals surface area (Å²) in [6.45, 7) is 0.630. The van der Waals surface area contributed by atoms with Crippen LogP contribution in [0, 0.1) is 0 Å². The number of aromatic hydroxyl groups is 1. The van der Waals surface area contributed by atoms with E-state index in [2.05, 4.69) is 10.5 Å². The van der Waals surface area contributed by atoms with Crippen molar-refractivity contribution in [1.29, 1.82) is 0 Å². The predicted molar refractivity (Wildman–Crippen MR) is 93.5 cm³/mol. The van der Waals surface area contributed by atoms with Crippen LogP contribution in [0.5, 0.6) is 5.75 Å². The molecule has 3 rings (SSSR count). The van der Waals surface area contributed by atoms with Gasteiger partial charge < -0.3 is 10.5 Å². The highest BCUT2D eigenvalue weighted by Crippen LogP contribution is 2.20. The van der Waals surface area contributed by atoms with Gasteiger partial charge in [-0.25, -0.2) is 0 Å². The summed E-state index contributed by atoms with van der Waals surface area (Å²) in [5.74, 6) is 0.219. The van der Waals surface area contributed by atoms with Crippen LogP contribution < -0.4 is 5.43 Å². The minimum absolute atomic E-state index is 0.219. The molecule has 0 radical (unpaired) electrons. The van der Waals surface area contributed by atoms with Gasteiger partial charge >= 0.3 is 0 Å². The van der Waals surface area contributed by atoms with Crippen LogP contribution in [0.15, 0.2) is 90.0 Å². The standard InChI is InChI=1S/C20H18N2O/c23-19-14-8-7-13-18(19)20(17-11-5-2-6-12-17)22-21-15-16-9-3-1-4-10-16/h1-14,21,23H,15H2. The van der Waals surface area contributed by atoms with Gasteiger partial charge in [-0.15, -0.1) is 0 Å². The first-order valence-corrected chi connectivity index (χ1v) is 7.53. The van der Waals surface area contributed by atoms with Gasteiger partial charge in [0.15, 0.2) is 0 Å². The topological polar surface area (TPSA) is 44.6 Å². The van der Waals surface area contributed by atoms with Crippen LogP contribution in [0.3, 0.4) is 0 Å². The molecule has 0 aliphatic heterocycles. The Labute approximate surface area is 135 Å². The lowest BCUT2D eigenvalue weighted by Gasteiger charge is -2.10. The molecule has 3 aromatic carbocycles. The lowest BCUT2D eigenvalue weighted by molar-refractivity contribution is 0.474. The molecule has 0 saturated heterocycles. The van der Waals surface area contributed by atoms with Crippen LogP contribution in [-0.4, -0.2) is 10.8 Å². The second-order valence-corrected chi connectivity index (χ2v) is 5.16. The molecule has 0 unspecified atom stereocenters. The van der Waals surface area contributed by atoms with Crippen molar-refractivity contribution in [3.05, 3.63) is 102 Å².